The number of hydrogen-bond acceptors (Lipinski definition) is 4. The first kappa shape index (κ1) is 14.1. The summed E-state index contributed by atoms with van der Waals surface area (Å²) in [5.74, 6) is -0.996. The van der Waals surface area contributed by atoms with E-state index in [1.807, 2.05) is 30.3 Å². The van der Waals surface area contributed by atoms with Gasteiger partial charge in [-0.1, -0.05) is 37.2 Å². The Labute approximate surface area is 113 Å². The smallest absolute Gasteiger partial charge is 0.335 e. The van der Waals surface area contributed by atoms with Crippen LogP contribution < -0.4 is 0 Å². The fourth-order valence-corrected chi connectivity index (χ4v) is 2.34. The van der Waals surface area contributed by atoms with Crippen LogP contribution in [-0.2, 0) is 14.3 Å². The van der Waals surface area contributed by atoms with Gasteiger partial charge in [-0.05, 0) is 19.4 Å². The number of rotatable bonds is 4. The summed E-state index contributed by atoms with van der Waals surface area (Å²) in [6.45, 7) is 5.32. The van der Waals surface area contributed by atoms with Gasteiger partial charge in [-0.15, -0.1) is 0 Å². The van der Waals surface area contributed by atoms with Gasteiger partial charge >= 0.3 is 13.5 Å². The minimum Gasteiger partial charge on any atom is -0.479 e. The third kappa shape index (κ3) is 2.65. The molecule has 1 fully saturated rings. The first-order valence-corrected chi connectivity index (χ1v) is 6.17. The SMILES string of the molecule is C[B]ON1C(c2ccccc2)C(C(=O)O)OC1(C)C. The van der Waals surface area contributed by atoms with Crippen LogP contribution in [0.5, 0.6) is 0 Å². The summed E-state index contributed by atoms with van der Waals surface area (Å²) < 4.78 is 11.1. The fraction of sp³-hybridized carbons (Fsp3) is 0.462. The molecule has 1 radical (unpaired) electrons. The highest BCUT2D eigenvalue weighted by Crippen LogP contribution is 2.41. The maximum atomic E-state index is 11.4. The van der Waals surface area contributed by atoms with E-state index >= 15 is 0 Å². The molecule has 0 aromatic heterocycles. The van der Waals surface area contributed by atoms with E-state index in [0.29, 0.717) is 0 Å². The minimum atomic E-state index is -0.996. The molecule has 2 atom stereocenters. The number of carbonyl (C=O) groups is 1. The van der Waals surface area contributed by atoms with Gasteiger partial charge in [0, 0.05) is 0 Å². The molecule has 19 heavy (non-hydrogen) atoms. The molecule has 1 saturated heterocycles. The molecule has 1 N–H and O–H groups in total. The number of benzene rings is 1. The number of carboxylic acid groups (broad SMARTS) is 1. The van der Waals surface area contributed by atoms with Gasteiger partial charge in [-0.3, -0.25) is 0 Å². The van der Waals surface area contributed by atoms with Gasteiger partial charge in [0.25, 0.3) is 0 Å². The van der Waals surface area contributed by atoms with Gasteiger partial charge in [0.1, 0.15) is 5.72 Å². The summed E-state index contributed by atoms with van der Waals surface area (Å²) in [4.78, 5) is 11.4. The second-order valence-electron chi connectivity index (χ2n) is 4.85. The van der Waals surface area contributed by atoms with Crippen molar-refractivity contribution in [2.45, 2.75) is 38.5 Å². The largest absolute Gasteiger partial charge is 0.479 e. The molecular formula is C13H17BNO4. The third-order valence-electron chi connectivity index (χ3n) is 3.09. The predicted octanol–water partition coefficient (Wildman–Crippen LogP) is 1.85. The van der Waals surface area contributed by atoms with Crippen LogP contribution in [0.25, 0.3) is 0 Å². The summed E-state index contributed by atoms with van der Waals surface area (Å²) in [7, 11) is 1.52. The first-order chi connectivity index (χ1) is 8.97. The second kappa shape index (κ2) is 5.32. The van der Waals surface area contributed by atoms with Crippen LogP contribution >= 0.6 is 0 Å². The van der Waals surface area contributed by atoms with Crippen LogP contribution in [0.2, 0.25) is 6.82 Å². The first-order valence-electron chi connectivity index (χ1n) is 6.17. The van der Waals surface area contributed by atoms with Crippen molar-refractivity contribution in [2.24, 2.45) is 0 Å². The van der Waals surface area contributed by atoms with Crippen molar-refractivity contribution in [3.05, 3.63) is 35.9 Å². The Bertz CT molecular complexity index is 451. The van der Waals surface area contributed by atoms with Gasteiger partial charge in [0.05, 0.1) is 6.04 Å². The van der Waals surface area contributed by atoms with Crippen LogP contribution in [0.3, 0.4) is 0 Å². The summed E-state index contributed by atoms with van der Waals surface area (Å²) in [5, 5.41) is 10.9. The topological polar surface area (TPSA) is 59.0 Å². The molecule has 2 unspecified atom stereocenters. The Kier molecular flexibility index (Phi) is 3.94. The van der Waals surface area contributed by atoms with Crippen molar-refractivity contribution in [1.29, 1.82) is 0 Å². The standard InChI is InChI=1S/C13H17BNO4/c1-13(2)15(19-14-3)10(11(18-13)12(16)17)9-7-5-4-6-8-9/h4-8,10-11H,1-3H3,(H,16,17). The van der Waals surface area contributed by atoms with E-state index in [4.69, 9.17) is 9.49 Å². The molecular weight excluding hydrogens is 245 g/mol. The molecule has 0 aliphatic carbocycles. The highest BCUT2D eigenvalue weighted by Gasteiger charge is 2.51. The second-order valence-corrected chi connectivity index (χ2v) is 4.85. The molecule has 5 nitrogen and oxygen atoms in total. The van der Waals surface area contributed by atoms with Gasteiger partial charge in [0.15, 0.2) is 6.10 Å². The van der Waals surface area contributed by atoms with E-state index < -0.39 is 23.8 Å². The van der Waals surface area contributed by atoms with E-state index in [2.05, 4.69) is 0 Å². The number of hydrogen-bond donors (Lipinski definition) is 1. The Hall–Kier alpha value is -1.37. The van der Waals surface area contributed by atoms with E-state index in [-0.39, 0.29) is 0 Å². The lowest BCUT2D eigenvalue weighted by Gasteiger charge is -2.32. The molecule has 1 aliphatic heterocycles. The molecule has 2 rings (SSSR count). The lowest BCUT2D eigenvalue weighted by atomic mass is 10.0. The monoisotopic (exact) mass is 262 g/mol. The van der Waals surface area contributed by atoms with Crippen molar-refractivity contribution in [3.8, 4) is 0 Å². The Morgan fingerprint density at radius 3 is 2.58 bits per heavy atom. The lowest BCUT2D eigenvalue weighted by Crippen LogP contribution is -2.41. The van der Waals surface area contributed by atoms with Crippen molar-refractivity contribution >= 4 is 13.5 Å². The molecule has 1 heterocycles. The molecule has 1 aromatic rings. The summed E-state index contributed by atoms with van der Waals surface area (Å²) >= 11 is 0. The zero-order valence-corrected chi connectivity index (χ0v) is 11.2. The Morgan fingerprint density at radius 1 is 1.42 bits per heavy atom. The van der Waals surface area contributed by atoms with Crippen LogP contribution in [0.4, 0.5) is 0 Å². The maximum absolute atomic E-state index is 11.4. The predicted molar refractivity (Wildman–Crippen MR) is 70.3 cm³/mol. The summed E-state index contributed by atoms with van der Waals surface area (Å²) in [6, 6.07) is 8.89. The number of carboxylic acids is 1. The zero-order valence-electron chi connectivity index (χ0n) is 11.2. The Morgan fingerprint density at radius 2 is 2.05 bits per heavy atom. The fourth-order valence-electron chi connectivity index (χ4n) is 2.34. The van der Waals surface area contributed by atoms with Crippen molar-refractivity contribution in [2.75, 3.05) is 0 Å². The van der Waals surface area contributed by atoms with Crippen LogP contribution in [0.1, 0.15) is 25.5 Å². The quantitative estimate of drug-likeness (QED) is 0.839. The van der Waals surface area contributed by atoms with Gasteiger partial charge < -0.3 is 14.6 Å². The molecule has 0 saturated carbocycles. The number of nitrogens with zero attached hydrogens (tertiary/aromatic N) is 1. The normalized spacial score (nSPS) is 26.3. The zero-order chi connectivity index (χ0) is 14.0. The van der Waals surface area contributed by atoms with Crippen LogP contribution in [0, 0.1) is 0 Å². The Balaban J connectivity index is 2.41. The lowest BCUT2D eigenvalue weighted by molar-refractivity contribution is -0.200. The van der Waals surface area contributed by atoms with Gasteiger partial charge in [-0.25, -0.2) is 4.79 Å². The molecule has 0 amide bonds. The number of aliphatic carboxylic acids is 1. The molecule has 101 valence electrons. The van der Waals surface area contributed by atoms with Crippen molar-refractivity contribution < 1.29 is 19.4 Å². The molecule has 6 heteroatoms. The minimum absolute atomic E-state index is 0.482. The summed E-state index contributed by atoms with van der Waals surface area (Å²) in [5.41, 5.74) is 0.0399. The van der Waals surface area contributed by atoms with Crippen LogP contribution in [-0.4, -0.2) is 35.5 Å². The highest BCUT2D eigenvalue weighted by molar-refractivity contribution is 6.24. The molecule has 1 aromatic carbocycles. The van der Waals surface area contributed by atoms with Crippen LogP contribution in [0.15, 0.2) is 30.3 Å². The maximum Gasteiger partial charge on any atom is 0.335 e. The molecule has 0 spiro atoms. The van der Waals surface area contributed by atoms with Crippen molar-refractivity contribution in [1.82, 2.24) is 5.06 Å². The number of hydroxylamine groups is 2. The van der Waals surface area contributed by atoms with E-state index in [0.717, 1.165) is 5.56 Å². The average molecular weight is 262 g/mol. The van der Waals surface area contributed by atoms with Crippen molar-refractivity contribution in [3.63, 3.8) is 0 Å². The van der Waals surface area contributed by atoms with E-state index in [1.54, 1.807) is 25.7 Å². The van der Waals surface area contributed by atoms with Gasteiger partial charge in [0.2, 0.25) is 0 Å². The third-order valence-corrected chi connectivity index (χ3v) is 3.09. The van der Waals surface area contributed by atoms with E-state index in [9.17, 15) is 9.90 Å². The average Bonchev–Trinajstić information content (AvgIpc) is 2.63. The molecule has 0 bridgehead atoms. The summed E-state index contributed by atoms with van der Waals surface area (Å²) in [6.07, 6.45) is -0.961. The molecule has 1 aliphatic rings. The highest BCUT2D eigenvalue weighted by atomic mass is 16.7. The van der Waals surface area contributed by atoms with E-state index in [1.165, 1.54) is 7.48 Å². The number of ether oxygens (including phenoxy) is 1. The van der Waals surface area contributed by atoms with Gasteiger partial charge in [-0.2, -0.15) is 5.06 Å².